The Morgan fingerprint density at radius 1 is 0.670 bits per heavy atom. The van der Waals surface area contributed by atoms with Crippen LogP contribution in [0.25, 0.3) is 10.2 Å². The lowest BCUT2D eigenvalue weighted by Crippen LogP contribution is -2.36. The Morgan fingerprint density at radius 2 is 1.26 bits per heavy atom. The Hall–Kier alpha value is -8.04. The van der Waals surface area contributed by atoms with E-state index in [1.54, 1.807) is 30.3 Å². The number of rotatable bonds is 49. The minimum absolute atomic E-state index is 0.00290. The van der Waals surface area contributed by atoms with Crippen molar-refractivity contribution in [1.82, 2.24) is 20.9 Å². The molecule has 27 nitrogen and oxygen atoms in total. The lowest BCUT2D eigenvalue weighted by molar-refractivity contribution is -0.135. The summed E-state index contributed by atoms with van der Waals surface area (Å²) in [6.45, 7) is 2.03. The number of ketones is 7. The summed E-state index contributed by atoms with van der Waals surface area (Å²) in [5.74, 6) is -12.5. The molecule has 0 bridgehead atoms. The SMILES string of the molecule is CCCCN.N#Cc1nc2ccc(NC(=O)C(CC(=O)C(CCC(N)=O)CC(=O)C(CCC(N)=O)CC(=O)C(CO)CC(=O)CCC(=O)C(CCCN=C(N)N)CC(=O)C(CO)CC(=O)CCCCCNC(=O)CCCCC3SCC4NC(=O)NC43)Cc3ccc(O)cc3)cc2s1. The number of nitrogens with two attached hydrogens (primary N) is 5. The first-order valence-electron chi connectivity index (χ1n) is 33.4. The van der Waals surface area contributed by atoms with Gasteiger partial charge in [-0.2, -0.15) is 17.0 Å². The highest BCUT2D eigenvalue weighted by molar-refractivity contribution is 8.00. The van der Waals surface area contributed by atoms with E-state index in [9.17, 15) is 78.1 Å². The fraction of sp³-hybridized carbons (Fsp3) is 0.603. The third-order valence-electron chi connectivity index (χ3n) is 17.2. The number of aliphatic imine (C=N–C) groups is 1. The van der Waals surface area contributed by atoms with E-state index >= 15 is 0 Å². The fourth-order valence-electron chi connectivity index (χ4n) is 11.6. The predicted octanol–water partition coefficient (Wildman–Crippen LogP) is 4.57. The molecule has 9 atom stereocenters. The topological polar surface area (TPSA) is 493 Å². The number of aromatic nitrogens is 1. The number of unbranched alkanes of at least 4 members (excludes halogenated alkanes) is 4. The average Bonchev–Trinajstić information content (AvgIpc) is 1.72. The van der Waals surface area contributed by atoms with Crippen LogP contribution in [-0.2, 0) is 59.2 Å². The molecule has 3 aromatic rings. The summed E-state index contributed by atoms with van der Waals surface area (Å²) >= 11 is 2.95. The first kappa shape index (κ1) is 81.4. The Morgan fingerprint density at radius 3 is 1.82 bits per heavy atom. The summed E-state index contributed by atoms with van der Waals surface area (Å²) in [5, 5.41) is 52.1. The molecule has 2 aliphatic heterocycles. The second-order valence-corrected chi connectivity index (χ2v) is 27.3. The third-order valence-corrected chi connectivity index (χ3v) is 19.7. The van der Waals surface area contributed by atoms with Crippen LogP contribution in [0.4, 0.5) is 10.5 Å². The number of hydrogen-bond acceptors (Lipinski definition) is 21. The summed E-state index contributed by atoms with van der Waals surface area (Å²) in [7, 11) is 0. The maximum atomic E-state index is 14.3. The molecule has 29 heteroatoms. The number of nitrogens with zero attached hydrogens (tertiary/aromatic N) is 3. The number of carbonyl (C=O) groups excluding carboxylic acids is 12. The number of phenolic OH excluding ortho intramolecular Hbond substituents is 1. The van der Waals surface area contributed by atoms with Gasteiger partial charge in [0.15, 0.2) is 11.0 Å². The van der Waals surface area contributed by atoms with Crippen molar-refractivity contribution in [3.05, 3.63) is 53.0 Å². The van der Waals surface area contributed by atoms with Crippen LogP contribution in [0.3, 0.4) is 0 Å². The van der Waals surface area contributed by atoms with Crippen molar-refractivity contribution in [2.75, 3.05) is 43.9 Å². The van der Waals surface area contributed by atoms with Crippen LogP contribution < -0.4 is 49.9 Å². The summed E-state index contributed by atoms with van der Waals surface area (Å²) in [6.07, 6.45) is 2.83. The molecule has 0 saturated carbocycles. The number of benzene rings is 2. The van der Waals surface area contributed by atoms with E-state index in [0.29, 0.717) is 58.9 Å². The maximum absolute atomic E-state index is 14.3. The van der Waals surface area contributed by atoms with Crippen molar-refractivity contribution in [2.24, 2.45) is 69.2 Å². The molecule has 3 heterocycles. The van der Waals surface area contributed by atoms with Gasteiger partial charge in [-0.3, -0.25) is 57.7 Å². The number of carbonyl (C=O) groups is 12. The van der Waals surface area contributed by atoms with Crippen LogP contribution in [0.1, 0.15) is 172 Å². The van der Waals surface area contributed by atoms with Crippen LogP contribution in [0, 0.1) is 46.8 Å². The van der Waals surface area contributed by atoms with Crippen LogP contribution in [-0.4, -0.2) is 152 Å². The second-order valence-electron chi connectivity index (χ2n) is 25.0. The second kappa shape index (κ2) is 44.0. The van der Waals surface area contributed by atoms with Crippen molar-refractivity contribution in [3.63, 3.8) is 0 Å². The molecule has 6 amide bonds. The van der Waals surface area contributed by atoms with Gasteiger partial charge in [0.2, 0.25) is 23.6 Å². The zero-order valence-electron chi connectivity index (χ0n) is 55.4. The smallest absolute Gasteiger partial charge is 0.315 e. The molecule has 1 aromatic heterocycles. The summed E-state index contributed by atoms with van der Waals surface area (Å²) in [6, 6.07) is 12.9. The number of urea groups is 1. The largest absolute Gasteiger partial charge is 0.508 e. The van der Waals surface area contributed by atoms with Crippen molar-refractivity contribution in [3.8, 4) is 11.8 Å². The Bertz CT molecular complexity index is 3220. The van der Waals surface area contributed by atoms with Gasteiger partial charge in [0.1, 0.15) is 52.3 Å². The lowest BCUT2D eigenvalue weighted by atomic mass is 9.80. The van der Waals surface area contributed by atoms with Crippen molar-refractivity contribution < 1.29 is 72.9 Å². The number of nitrogens with one attached hydrogen (secondary N) is 4. The number of nitriles is 1. The van der Waals surface area contributed by atoms with Crippen LogP contribution in [0.15, 0.2) is 47.5 Å². The molecular formula is C68H98N12O15S2. The molecule has 532 valence electrons. The van der Waals surface area contributed by atoms with Crippen LogP contribution >= 0.6 is 23.1 Å². The zero-order valence-corrected chi connectivity index (χ0v) is 57.1. The number of hydrogen-bond donors (Lipinski definition) is 12. The molecule has 9 unspecified atom stereocenters. The van der Waals surface area contributed by atoms with E-state index in [1.165, 1.54) is 25.0 Å². The molecule has 0 spiro atoms. The highest BCUT2D eigenvalue weighted by atomic mass is 32.2. The van der Waals surface area contributed by atoms with Gasteiger partial charge in [0.25, 0.3) is 0 Å². The van der Waals surface area contributed by atoms with E-state index in [2.05, 4.69) is 38.2 Å². The van der Waals surface area contributed by atoms with E-state index < -0.39 is 133 Å². The molecule has 2 aromatic carbocycles. The minimum Gasteiger partial charge on any atom is -0.508 e. The van der Waals surface area contributed by atoms with Gasteiger partial charge in [0.05, 0.1) is 35.5 Å². The number of phenols is 1. The highest BCUT2D eigenvalue weighted by Gasteiger charge is 2.43. The molecule has 2 saturated heterocycles. The highest BCUT2D eigenvalue weighted by Crippen LogP contribution is 2.34. The summed E-state index contributed by atoms with van der Waals surface area (Å²) in [4.78, 5) is 167. The number of aromatic hydroxyl groups is 1. The molecule has 2 fully saturated rings. The van der Waals surface area contributed by atoms with Gasteiger partial charge in [-0.1, -0.05) is 38.3 Å². The Labute approximate surface area is 574 Å². The van der Waals surface area contributed by atoms with Gasteiger partial charge < -0.3 is 65.3 Å². The first-order chi connectivity index (χ1) is 46.4. The molecule has 97 heavy (non-hydrogen) atoms. The van der Waals surface area contributed by atoms with E-state index in [1.807, 2.05) is 17.8 Å². The molecule has 0 aliphatic carbocycles. The maximum Gasteiger partial charge on any atom is 0.315 e. The fourth-order valence-corrected chi connectivity index (χ4v) is 14.0. The van der Waals surface area contributed by atoms with E-state index in [4.69, 9.17) is 28.7 Å². The van der Waals surface area contributed by atoms with Gasteiger partial charge in [0, 0.05) is 142 Å². The number of aliphatic hydroxyl groups excluding tert-OH is 2. The van der Waals surface area contributed by atoms with Crippen molar-refractivity contribution in [1.29, 1.82) is 5.26 Å². The lowest BCUT2D eigenvalue weighted by Gasteiger charge is -2.23. The summed E-state index contributed by atoms with van der Waals surface area (Å²) in [5.41, 5.74) is 28.5. The van der Waals surface area contributed by atoms with Gasteiger partial charge in [-0.25, -0.2) is 9.78 Å². The van der Waals surface area contributed by atoms with Gasteiger partial charge in [-0.05, 0) is 107 Å². The third kappa shape index (κ3) is 30.5. The number of guanidine groups is 1. The number of anilines is 1. The molecule has 5 rings (SSSR count). The number of aliphatic hydroxyl groups is 2. The minimum atomic E-state index is -1.36. The van der Waals surface area contributed by atoms with Crippen molar-refractivity contribution >= 4 is 115 Å². The number of fused-ring (bicyclic) bond motifs is 2. The average molecular weight is 1390 g/mol. The Kier molecular flexibility index (Phi) is 36.9. The quantitative estimate of drug-likeness (QED) is 0.0159. The number of amides is 6. The molecular weight excluding hydrogens is 1290 g/mol. The van der Waals surface area contributed by atoms with Crippen LogP contribution in [0.5, 0.6) is 5.75 Å². The number of primary amides is 2. The molecule has 0 radical (unpaired) electrons. The first-order valence-corrected chi connectivity index (χ1v) is 35.3. The normalized spacial score (nSPS) is 16.4. The molecule has 2 aliphatic rings. The van der Waals surface area contributed by atoms with Gasteiger partial charge >= 0.3 is 6.03 Å². The number of Topliss-reactive ketones (excluding diaryl/α,β-unsaturated/α-hetero) is 7. The van der Waals surface area contributed by atoms with E-state index in [0.717, 1.165) is 42.9 Å². The predicted molar refractivity (Wildman–Crippen MR) is 368 cm³/mol. The molecule has 17 N–H and O–H groups in total. The van der Waals surface area contributed by atoms with Gasteiger partial charge in [-0.15, -0.1) is 11.3 Å². The van der Waals surface area contributed by atoms with Crippen molar-refractivity contribution in [2.45, 2.75) is 185 Å². The van der Waals surface area contributed by atoms with E-state index in [-0.39, 0.29) is 124 Å². The van der Waals surface area contributed by atoms with Crippen LogP contribution in [0.2, 0.25) is 0 Å². The summed E-state index contributed by atoms with van der Waals surface area (Å²) < 4.78 is 0.618. The zero-order chi connectivity index (χ0) is 71.4. The number of thiazole rings is 1. The monoisotopic (exact) mass is 1390 g/mol. The standard InChI is InChI=1S/C64H87N11O15S2.C4H11N/c65-33-60-73-48-19-15-44(32-56(48)92-60)72-62(89)41(25-37-11-16-45(78)17-12-37)31-52(83)39(13-21-57(66)86)29-51(82)40(14-22-58(67)87)30-54(85)43(35-77)27-47(80)18-20-50(81)38(7-6-24-71-63(68)69)28-53(84)42(34-76)26-46(79)8-2-1-5-23-70-59(88)10-4-3-9-55-61-49(36-91-55)74-64(90)75-61;1-2-3-4-5/h11-12,15-17,19,32,38-43,49,55,61,76-78H,1-10,13-14,18,20-31,34-36H2,(H2,66,86)(H2,67,87)(H,70,88)(H,72,89)(H4,68,69,71)(H2,74,75,90);2-5H2,1H3. The Balaban J connectivity index is 0.00000385. The number of thioether (sulfide) groups is 1.